The first-order valence-corrected chi connectivity index (χ1v) is 20.9. The van der Waals surface area contributed by atoms with E-state index in [1.807, 2.05) is 21.1 Å². The maximum Gasteiger partial charge on any atom is 0.472 e. The Kier molecular flexibility index (Phi) is 30.6. The number of hydrogen-bond donors (Lipinski definition) is 4. The van der Waals surface area contributed by atoms with Gasteiger partial charge in [-0.3, -0.25) is 13.8 Å². The van der Waals surface area contributed by atoms with Gasteiger partial charge in [0.05, 0.1) is 39.9 Å². The van der Waals surface area contributed by atoms with Crippen molar-refractivity contribution in [2.45, 2.75) is 167 Å². The molecule has 0 saturated carbocycles. The Labute approximate surface area is 300 Å². The van der Waals surface area contributed by atoms with E-state index in [-0.39, 0.29) is 18.9 Å². The van der Waals surface area contributed by atoms with Gasteiger partial charge in [-0.15, -0.1) is 0 Å². The van der Waals surface area contributed by atoms with Gasteiger partial charge < -0.3 is 24.9 Å². The van der Waals surface area contributed by atoms with Crippen molar-refractivity contribution in [2.24, 2.45) is 0 Å². The highest BCUT2D eigenvalue weighted by Gasteiger charge is 2.31. The molecule has 0 aromatic rings. The van der Waals surface area contributed by atoms with E-state index in [0.29, 0.717) is 30.3 Å². The maximum absolute atomic E-state index is 12.8. The van der Waals surface area contributed by atoms with Gasteiger partial charge in [-0.2, -0.15) is 0 Å². The molecule has 1 amide bonds. The van der Waals surface area contributed by atoms with Crippen LogP contribution in [0.3, 0.4) is 0 Å². The quantitative estimate of drug-likeness (QED) is 0.0227. The lowest BCUT2D eigenvalue weighted by Gasteiger charge is -2.28. The van der Waals surface area contributed by atoms with Crippen LogP contribution in [0.2, 0.25) is 0 Å². The molecule has 4 unspecified atom stereocenters. The number of unbranched alkanes of at least 4 members (excludes halogenated alkanes) is 14. The Morgan fingerprint density at radius 2 is 1.16 bits per heavy atom. The summed E-state index contributed by atoms with van der Waals surface area (Å²) in [6, 6.07) is -1.06. The molecule has 0 saturated heterocycles. The van der Waals surface area contributed by atoms with Crippen molar-refractivity contribution in [1.29, 1.82) is 0 Å². The van der Waals surface area contributed by atoms with Crippen molar-refractivity contribution < 1.29 is 38.0 Å². The molecule has 4 atom stereocenters. The van der Waals surface area contributed by atoms with Gasteiger partial charge in [0.2, 0.25) is 5.91 Å². The second kappa shape index (κ2) is 31.4. The summed E-state index contributed by atoms with van der Waals surface area (Å²) >= 11 is 0. The van der Waals surface area contributed by atoms with Crippen LogP contribution in [0.15, 0.2) is 36.5 Å². The monoisotopic (exact) mass is 716 g/mol. The number of quaternary nitrogens is 1. The van der Waals surface area contributed by atoms with Gasteiger partial charge in [0.25, 0.3) is 0 Å². The number of carbonyl (C=O) groups is 1. The number of rotatable bonds is 34. The molecule has 0 aliphatic carbocycles. The first-order valence-electron chi connectivity index (χ1n) is 19.4. The summed E-state index contributed by atoms with van der Waals surface area (Å²) < 4.78 is 23.4. The Morgan fingerprint density at radius 1 is 0.694 bits per heavy atom. The molecule has 9 nitrogen and oxygen atoms in total. The number of aliphatic hydroxyl groups excluding tert-OH is 2. The highest BCUT2D eigenvalue weighted by molar-refractivity contribution is 7.47. The van der Waals surface area contributed by atoms with Crippen LogP contribution < -0.4 is 5.32 Å². The molecule has 4 N–H and O–H groups in total. The van der Waals surface area contributed by atoms with E-state index in [1.165, 1.54) is 51.4 Å². The zero-order valence-corrected chi connectivity index (χ0v) is 32.9. The molecular weight excluding hydrogens is 639 g/mol. The molecule has 0 aliphatic rings. The van der Waals surface area contributed by atoms with Crippen molar-refractivity contribution >= 4 is 13.7 Å². The molecule has 0 rings (SSSR count). The van der Waals surface area contributed by atoms with Crippen LogP contribution in [0.5, 0.6) is 0 Å². The van der Waals surface area contributed by atoms with Crippen molar-refractivity contribution in [1.82, 2.24) is 5.32 Å². The van der Waals surface area contributed by atoms with Crippen LogP contribution in [0.1, 0.15) is 149 Å². The zero-order valence-electron chi connectivity index (χ0n) is 32.0. The zero-order chi connectivity index (χ0) is 36.6. The summed E-state index contributed by atoms with van der Waals surface area (Å²) in [7, 11) is 1.40. The Bertz CT molecular complexity index is 920. The summed E-state index contributed by atoms with van der Waals surface area (Å²) in [5, 5.41) is 24.5. The molecule has 0 spiro atoms. The van der Waals surface area contributed by atoms with Gasteiger partial charge in [-0.25, -0.2) is 4.57 Å². The lowest BCUT2D eigenvalue weighted by molar-refractivity contribution is -0.870. The normalized spacial score (nSPS) is 15.7. The standard InChI is InChI=1S/C39H75N2O7P/c1-6-8-10-12-14-16-18-20-22-24-26-28-30-32-38(43)40-36(35-48-49(45,46)47-34-33-41(3,4)5)39(44)37(42)31-29-27-25-23-21-19-17-15-13-11-9-7-2/h15-18,23,25,36-37,39,42,44H,6-14,19-22,24,26-35H2,1-5H3,(H-,40,43,45,46)/p+1/b17-15+,18-16-,25-23+. The number of hydrogen-bond acceptors (Lipinski definition) is 6. The van der Waals surface area contributed by atoms with Crippen LogP contribution in [0, 0.1) is 0 Å². The first kappa shape index (κ1) is 47.7. The topological polar surface area (TPSA) is 125 Å². The van der Waals surface area contributed by atoms with E-state index >= 15 is 0 Å². The summed E-state index contributed by atoms with van der Waals surface area (Å²) in [4.78, 5) is 23.0. The molecule has 49 heavy (non-hydrogen) atoms. The van der Waals surface area contributed by atoms with Crippen molar-refractivity contribution in [3.8, 4) is 0 Å². The third-order valence-corrected chi connectivity index (χ3v) is 9.41. The second-order valence-corrected chi connectivity index (χ2v) is 15.9. The number of nitrogens with zero attached hydrogens (tertiary/aromatic N) is 1. The fourth-order valence-corrected chi connectivity index (χ4v) is 5.94. The lowest BCUT2D eigenvalue weighted by Crippen LogP contribution is -2.51. The van der Waals surface area contributed by atoms with E-state index in [1.54, 1.807) is 0 Å². The minimum absolute atomic E-state index is 0.0115. The number of carbonyl (C=O) groups excluding carboxylic acids is 1. The number of nitrogens with one attached hydrogen (secondary N) is 1. The summed E-state index contributed by atoms with van der Waals surface area (Å²) in [5.41, 5.74) is 0. The predicted molar refractivity (Wildman–Crippen MR) is 204 cm³/mol. The van der Waals surface area contributed by atoms with Crippen LogP contribution in [-0.4, -0.2) is 84.6 Å². The molecule has 0 fully saturated rings. The summed E-state index contributed by atoms with van der Waals surface area (Å²) in [6.07, 6.45) is 32.1. The number of phosphoric ester groups is 1. The Hall–Kier alpha value is -1.32. The SMILES string of the molecule is CCCCC/C=C/CC/C=C/CCCC(O)C(O)C(COP(=O)(O)OCC[N+](C)(C)C)NC(=O)CCCCCCC/C=C\CCCCCC. The molecule has 0 bridgehead atoms. The van der Waals surface area contributed by atoms with Crippen LogP contribution in [0.25, 0.3) is 0 Å². The first-order chi connectivity index (χ1) is 23.4. The van der Waals surface area contributed by atoms with Crippen molar-refractivity contribution in [3.63, 3.8) is 0 Å². The molecule has 0 heterocycles. The fourth-order valence-electron chi connectivity index (χ4n) is 5.21. The predicted octanol–water partition coefficient (Wildman–Crippen LogP) is 8.93. The van der Waals surface area contributed by atoms with Gasteiger partial charge in [-0.1, -0.05) is 102 Å². The smallest absolute Gasteiger partial charge is 0.390 e. The highest BCUT2D eigenvalue weighted by Crippen LogP contribution is 2.43. The van der Waals surface area contributed by atoms with E-state index in [9.17, 15) is 24.5 Å². The van der Waals surface area contributed by atoms with Crippen molar-refractivity contribution in [2.75, 3.05) is 40.9 Å². The van der Waals surface area contributed by atoms with Gasteiger partial charge in [-0.05, 0) is 77.0 Å². The summed E-state index contributed by atoms with van der Waals surface area (Å²) in [5.74, 6) is -0.285. The van der Waals surface area contributed by atoms with E-state index in [0.717, 1.165) is 57.8 Å². The van der Waals surface area contributed by atoms with Crippen LogP contribution in [-0.2, 0) is 18.4 Å². The fraction of sp³-hybridized carbons (Fsp3) is 0.821. The van der Waals surface area contributed by atoms with Gasteiger partial charge in [0.15, 0.2) is 0 Å². The maximum atomic E-state index is 12.8. The number of phosphoric acid groups is 1. The molecule has 0 aromatic heterocycles. The molecule has 288 valence electrons. The average Bonchev–Trinajstić information content (AvgIpc) is 3.04. The Balaban J connectivity index is 4.71. The molecule has 0 aliphatic heterocycles. The largest absolute Gasteiger partial charge is 0.472 e. The van der Waals surface area contributed by atoms with E-state index in [2.05, 4.69) is 55.6 Å². The molecule has 0 aromatic carbocycles. The minimum Gasteiger partial charge on any atom is -0.390 e. The third kappa shape index (κ3) is 32.3. The molecule has 0 radical (unpaired) electrons. The Morgan fingerprint density at radius 3 is 1.73 bits per heavy atom. The van der Waals surface area contributed by atoms with Gasteiger partial charge >= 0.3 is 7.82 Å². The highest BCUT2D eigenvalue weighted by atomic mass is 31.2. The van der Waals surface area contributed by atoms with Crippen LogP contribution >= 0.6 is 7.82 Å². The third-order valence-electron chi connectivity index (χ3n) is 8.43. The number of likely N-dealkylation sites (N-methyl/N-ethyl adjacent to an activating group) is 1. The van der Waals surface area contributed by atoms with Gasteiger partial charge in [0, 0.05) is 6.42 Å². The van der Waals surface area contributed by atoms with Gasteiger partial charge in [0.1, 0.15) is 19.3 Å². The van der Waals surface area contributed by atoms with E-state index < -0.39 is 32.7 Å². The van der Waals surface area contributed by atoms with Crippen molar-refractivity contribution in [3.05, 3.63) is 36.5 Å². The number of amides is 1. The second-order valence-electron chi connectivity index (χ2n) is 14.4. The molecular formula is C39H76N2O7P+. The lowest BCUT2D eigenvalue weighted by atomic mass is 10.0. The van der Waals surface area contributed by atoms with Crippen LogP contribution in [0.4, 0.5) is 0 Å². The average molecular weight is 716 g/mol. The molecule has 10 heteroatoms. The minimum atomic E-state index is -4.42. The van der Waals surface area contributed by atoms with E-state index in [4.69, 9.17) is 9.05 Å². The summed E-state index contributed by atoms with van der Waals surface area (Å²) in [6.45, 7) is 4.49. The number of aliphatic hydroxyl groups is 2. The number of allylic oxidation sites excluding steroid dienone is 6.